The Morgan fingerprint density at radius 2 is 1.83 bits per heavy atom. The van der Waals surface area contributed by atoms with Crippen LogP contribution in [0, 0.1) is 0 Å². The Balaban J connectivity index is 1.69. The Labute approximate surface area is 105 Å². The summed E-state index contributed by atoms with van der Waals surface area (Å²) in [5, 5.41) is 11.1. The van der Waals surface area contributed by atoms with Gasteiger partial charge in [-0.05, 0) is 12.1 Å². The van der Waals surface area contributed by atoms with Gasteiger partial charge in [-0.15, -0.1) is 0 Å². The van der Waals surface area contributed by atoms with Gasteiger partial charge in [0.25, 0.3) is 0 Å². The topological polar surface area (TPSA) is 63.4 Å². The van der Waals surface area contributed by atoms with E-state index >= 15 is 0 Å². The van der Waals surface area contributed by atoms with Crippen molar-refractivity contribution >= 4 is 17.7 Å². The molecule has 0 bridgehead atoms. The molecule has 2 aromatic rings. The van der Waals surface area contributed by atoms with E-state index in [9.17, 15) is 0 Å². The van der Waals surface area contributed by atoms with Crippen molar-refractivity contribution < 1.29 is 9.15 Å². The van der Waals surface area contributed by atoms with Crippen molar-refractivity contribution in [1.29, 1.82) is 0 Å². The van der Waals surface area contributed by atoms with Gasteiger partial charge in [0.2, 0.25) is 0 Å². The van der Waals surface area contributed by atoms with E-state index in [0.29, 0.717) is 25.2 Å². The van der Waals surface area contributed by atoms with E-state index in [4.69, 9.17) is 9.15 Å². The molecule has 0 amide bonds. The zero-order valence-electron chi connectivity index (χ0n) is 9.87. The molecule has 6 nitrogen and oxygen atoms in total. The Kier molecular flexibility index (Phi) is 3.10. The number of hydrogen-bond acceptors (Lipinski definition) is 6. The Bertz CT molecular complexity index is 494. The van der Waals surface area contributed by atoms with E-state index in [-0.39, 0.29) is 0 Å². The summed E-state index contributed by atoms with van der Waals surface area (Å²) in [6.07, 6.45) is 0. The van der Waals surface area contributed by atoms with Gasteiger partial charge < -0.3 is 19.4 Å². The normalized spacial score (nSPS) is 15.7. The van der Waals surface area contributed by atoms with Crippen LogP contribution in [0.4, 0.5) is 17.7 Å². The van der Waals surface area contributed by atoms with Gasteiger partial charge in [-0.2, -0.15) is 0 Å². The third-order valence-electron chi connectivity index (χ3n) is 2.72. The number of rotatable bonds is 3. The molecule has 0 spiro atoms. The summed E-state index contributed by atoms with van der Waals surface area (Å²) in [7, 11) is 0. The molecule has 3 rings (SSSR count). The molecule has 2 heterocycles. The molecule has 0 unspecified atom stereocenters. The number of benzene rings is 1. The highest BCUT2D eigenvalue weighted by Crippen LogP contribution is 2.19. The minimum atomic E-state index is 0.405. The fraction of sp³-hybridized carbons (Fsp3) is 0.333. The van der Waals surface area contributed by atoms with E-state index in [0.717, 1.165) is 18.8 Å². The van der Waals surface area contributed by atoms with Crippen LogP contribution in [0.1, 0.15) is 0 Å². The van der Waals surface area contributed by atoms with E-state index < -0.39 is 0 Å². The van der Waals surface area contributed by atoms with Crippen molar-refractivity contribution in [3.05, 3.63) is 30.3 Å². The molecule has 1 N–H and O–H groups in total. The van der Waals surface area contributed by atoms with Gasteiger partial charge in [-0.1, -0.05) is 28.4 Å². The lowest BCUT2D eigenvalue weighted by Crippen LogP contribution is -2.36. The van der Waals surface area contributed by atoms with E-state index in [2.05, 4.69) is 15.5 Å². The van der Waals surface area contributed by atoms with Crippen LogP contribution in [0.3, 0.4) is 0 Å². The summed E-state index contributed by atoms with van der Waals surface area (Å²) >= 11 is 0. The molecule has 18 heavy (non-hydrogen) atoms. The fourth-order valence-electron chi connectivity index (χ4n) is 1.79. The second-order valence-electron chi connectivity index (χ2n) is 3.98. The third-order valence-corrected chi connectivity index (χ3v) is 2.72. The summed E-state index contributed by atoms with van der Waals surface area (Å²) in [6.45, 7) is 2.97. The molecule has 1 aliphatic heterocycles. The Morgan fingerprint density at radius 1 is 1.06 bits per heavy atom. The number of nitrogens with one attached hydrogen (secondary N) is 1. The lowest BCUT2D eigenvalue weighted by molar-refractivity contribution is 0.120. The quantitative estimate of drug-likeness (QED) is 0.888. The highest BCUT2D eigenvalue weighted by molar-refractivity contribution is 5.51. The average Bonchev–Trinajstić information content (AvgIpc) is 2.89. The smallest absolute Gasteiger partial charge is 0.321 e. The van der Waals surface area contributed by atoms with Gasteiger partial charge in [0, 0.05) is 18.8 Å². The van der Waals surface area contributed by atoms with Gasteiger partial charge in [0.15, 0.2) is 0 Å². The van der Waals surface area contributed by atoms with Gasteiger partial charge in [0.05, 0.1) is 13.2 Å². The van der Waals surface area contributed by atoms with Crippen molar-refractivity contribution in [1.82, 2.24) is 10.2 Å². The summed E-state index contributed by atoms with van der Waals surface area (Å²) in [5.41, 5.74) is 0.926. The molecular weight excluding hydrogens is 232 g/mol. The van der Waals surface area contributed by atoms with Crippen LogP contribution in [0.15, 0.2) is 34.7 Å². The molecule has 6 heteroatoms. The van der Waals surface area contributed by atoms with Crippen molar-refractivity contribution in [2.24, 2.45) is 0 Å². The highest BCUT2D eigenvalue weighted by atomic mass is 16.5. The maximum atomic E-state index is 5.56. The minimum absolute atomic E-state index is 0.405. The number of morpholine rings is 1. The molecule has 1 aromatic carbocycles. The maximum Gasteiger partial charge on any atom is 0.321 e. The van der Waals surface area contributed by atoms with Crippen molar-refractivity contribution in [2.75, 3.05) is 36.5 Å². The molecule has 1 aromatic heterocycles. The molecule has 1 saturated heterocycles. The van der Waals surface area contributed by atoms with E-state index in [1.54, 1.807) is 0 Å². The molecule has 1 fully saturated rings. The number of anilines is 3. The van der Waals surface area contributed by atoms with Crippen LogP contribution >= 0.6 is 0 Å². The summed E-state index contributed by atoms with van der Waals surface area (Å²) < 4.78 is 10.8. The number of aromatic nitrogens is 2. The Morgan fingerprint density at radius 3 is 2.61 bits per heavy atom. The minimum Gasteiger partial charge on any atom is -0.389 e. The first kappa shape index (κ1) is 11.0. The fourth-order valence-corrected chi connectivity index (χ4v) is 1.79. The van der Waals surface area contributed by atoms with Gasteiger partial charge >= 0.3 is 12.0 Å². The predicted octanol–water partition coefficient (Wildman–Crippen LogP) is 1.65. The standard InChI is InChI=1S/C12H14N4O2/c1-2-4-10(5-3-1)13-11-14-15-12(18-11)16-6-8-17-9-7-16/h1-5H,6-9H2,(H,13,14). The van der Waals surface area contributed by atoms with Crippen LogP contribution in [0.25, 0.3) is 0 Å². The monoisotopic (exact) mass is 246 g/mol. The highest BCUT2D eigenvalue weighted by Gasteiger charge is 2.17. The van der Waals surface area contributed by atoms with Gasteiger partial charge in [-0.25, -0.2) is 0 Å². The lowest BCUT2D eigenvalue weighted by Gasteiger charge is -2.24. The van der Waals surface area contributed by atoms with Crippen LogP contribution in [0.5, 0.6) is 0 Å². The summed E-state index contributed by atoms with van der Waals surface area (Å²) in [5.74, 6) is 0. The largest absolute Gasteiger partial charge is 0.389 e. The number of para-hydroxylation sites is 1. The number of hydrogen-bond donors (Lipinski definition) is 1. The molecule has 0 atom stereocenters. The predicted molar refractivity (Wildman–Crippen MR) is 67.1 cm³/mol. The first-order chi connectivity index (χ1) is 8.92. The second kappa shape index (κ2) is 5.05. The van der Waals surface area contributed by atoms with Crippen molar-refractivity contribution in [2.45, 2.75) is 0 Å². The zero-order chi connectivity index (χ0) is 12.2. The lowest BCUT2D eigenvalue weighted by atomic mass is 10.3. The van der Waals surface area contributed by atoms with Gasteiger partial charge in [-0.3, -0.25) is 0 Å². The summed E-state index contributed by atoms with van der Waals surface area (Å²) in [4.78, 5) is 2.02. The SMILES string of the molecule is c1ccc(Nc2nnc(N3CCOCC3)o2)cc1. The van der Waals surface area contributed by atoms with Crippen LogP contribution in [0.2, 0.25) is 0 Å². The number of ether oxygens (including phenoxy) is 1. The summed E-state index contributed by atoms with van der Waals surface area (Å²) in [6, 6.07) is 10.7. The van der Waals surface area contributed by atoms with E-state index in [1.165, 1.54) is 0 Å². The second-order valence-corrected chi connectivity index (χ2v) is 3.98. The third kappa shape index (κ3) is 2.43. The average molecular weight is 246 g/mol. The number of nitrogens with zero attached hydrogens (tertiary/aromatic N) is 3. The maximum absolute atomic E-state index is 5.56. The molecular formula is C12H14N4O2. The van der Waals surface area contributed by atoms with Crippen molar-refractivity contribution in [3.8, 4) is 0 Å². The zero-order valence-corrected chi connectivity index (χ0v) is 9.87. The Hall–Kier alpha value is -2.08. The molecule has 94 valence electrons. The van der Waals surface area contributed by atoms with Crippen LogP contribution < -0.4 is 10.2 Å². The molecule has 0 aliphatic carbocycles. The van der Waals surface area contributed by atoms with Crippen LogP contribution in [-0.4, -0.2) is 36.5 Å². The van der Waals surface area contributed by atoms with Crippen molar-refractivity contribution in [3.63, 3.8) is 0 Å². The molecule has 0 radical (unpaired) electrons. The molecule has 1 aliphatic rings. The van der Waals surface area contributed by atoms with Crippen LogP contribution in [-0.2, 0) is 4.74 Å². The molecule has 0 saturated carbocycles. The van der Waals surface area contributed by atoms with E-state index in [1.807, 2.05) is 35.2 Å². The first-order valence-corrected chi connectivity index (χ1v) is 5.90. The van der Waals surface area contributed by atoms with Gasteiger partial charge in [0.1, 0.15) is 0 Å². The first-order valence-electron chi connectivity index (χ1n) is 5.90.